The van der Waals surface area contributed by atoms with Crippen LogP contribution < -0.4 is 15.6 Å². The minimum absolute atomic E-state index is 0.0287. The maximum atomic E-state index is 13.6. The summed E-state index contributed by atoms with van der Waals surface area (Å²) in [5.41, 5.74) is 3.07. The van der Waals surface area contributed by atoms with E-state index >= 15 is 0 Å². The van der Waals surface area contributed by atoms with Gasteiger partial charge in [-0.3, -0.25) is 18.8 Å². The highest BCUT2D eigenvalue weighted by Gasteiger charge is 2.31. The van der Waals surface area contributed by atoms with E-state index in [9.17, 15) is 39.4 Å². The van der Waals surface area contributed by atoms with E-state index in [0.29, 0.717) is 0 Å². The van der Waals surface area contributed by atoms with Gasteiger partial charge in [-0.2, -0.15) is 21.6 Å². The summed E-state index contributed by atoms with van der Waals surface area (Å²) in [4.78, 5) is 12.1. The van der Waals surface area contributed by atoms with Crippen LogP contribution in [0.1, 0.15) is 12.5 Å². The quantitative estimate of drug-likeness (QED) is 0.172. The van der Waals surface area contributed by atoms with Crippen LogP contribution in [0.5, 0.6) is 0 Å². The first-order chi connectivity index (χ1) is 19.6. The summed E-state index contributed by atoms with van der Waals surface area (Å²) in [6.45, 7) is 1.35. The fraction of sp³-hybridized carbons (Fsp3) is 0.125. The number of nitrogens with one attached hydrogen (secondary N) is 1. The van der Waals surface area contributed by atoms with Gasteiger partial charge in [0.25, 0.3) is 20.1 Å². The molecule has 222 valence electrons. The molecule has 0 amide bonds. The summed E-state index contributed by atoms with van der Waals surface area (Å²) in [6.07, 6.45) is -4.61. The number of nitrogen functional groups attached to an aromatic ring is 1. The van der Waals surface area contributed by atoms with E-state index in [1.54, 1.807) is 0 Å². The van der Waals surface area contributed by atoms with E-state index in [-0.39, 0.29) is 39.3 Å². The molecule has 0 aliphatic carbocycles. The highest BCUT2D eigenvalue weighted by atomic mass is 35.5. The van der Waals surface area contributed by atoms with Crippen LogP contribution in [0.15, 0.2) is 91.5 Å². The molecular weight excluding hydrogens is 625 g/mol. The predicted octanol–water partition coefficient (Wildman–Crippen LogP) is 5.30. The molecule has 18 heteroatoms. The maximum Gasteiger partial charge on any atom is 0.416 e. The average molecular weight is 645 g/mol. The summed E-state index contributed by atoms with van der Waals surface area (Å²) in [7, 11) is -9.03. The van der Waals surface area contributed by atoms with E-state index in [0.717, 1.165) is 51.5 Å². The van der Waals surface area contributed by atoms with Crippen molar-refractivity contribution in [3.63, 3.8) is 0 Å². The number of aromatic amines is 1. The summed E-state index contributed by atoms with van der Waals surface area (Å²) in [6, 6.07) is 12.0. The normalized spacial score (nSPS) is 12.6. The van der Waals surface area contributed by atoms with E-state index in [2.05, 4.69) is 15.3 Å². The topological polar surface area (TPSA) is 180 Å². The summed E-state index contributed by atoms with van der Waals surface area (Å²) < 4.78 is 100. The smallest absolute Gasteiger partial charge is 0.382 e. The molecule has 0 saturated carbocycles. The van der Waals surface area contributed by atoms with Crippen molar-refractivity contribution in [3.8, 4) is 5.69 Å². The molecule has 0 aliphatic heterocycles. The Morgan fingerprint density at radius 3 is 2.26 bits per heavy atom. The molecule has 12 nitrogen and oxygen atoms in total. The fourth-order valence-corrected chi connectivity index (χ4v) is 6.13. The number of rotatable bonds is 8. The monoisotopic (exact) mass is 644 g/mol. The molecule has 4 aromatic rings. The number of hydrogen-bond acceptors (Lipinski definition) is 8. The standard InChI is InChI=1S/C24H20ClF3N6O6S2/c1-2-33(15-9-7-14(8-10-15)24(26,27)28)41(36,37)20-6-4-3-5-18(20)30-31-21-22(29)32-34(23(21)35)19-13-16(42(38,39)40)11-12-17(19)25/h3-13,32H,2,29H2,1H3,(H,38,39,40). The Morgan fingerprint density at radius 2 is 1.67 bits per heavy atom. The van der Waals surface area contributed by atoms with Crippen LogP contribution in [0.4, 0.5) is 36.1 Å². The van der Waals surface area contributed by atoms with E-state index in [1.807, 2.05) is 0 Å². The first-order valence-corrected chi connectivity index (χ1v) is 14.9. The van der Waals surface area contributed by atoms with Gasteiger partial charge in [0.15, 0.2) is 5.69 Å². The molecule has 0 bridgehead atoms. The van der Waals surface area contributed by atoms with Crippen LogP contribution in [0.25, 0.3) is 5.69 Å². The molecule has 0 fully saturated rings. The first-order valence-electron chi connectivity index (χ1n) is 11.6. The van der Waals surface area contributed by atoms with Crippen LogP contribution in [0, 0.1) is 0 Å². The number of aromatic nitrogens is 2. The van der Waals surface area contributed by atoms with Gasteiger partial charge in [0.1, 0.15) is 16.4 Å². The third kappa shape index (κ3) is 6.03. The number of nitrogens with zero attached hydrogens (tertiary/aromatic N) is 4. The van der Waals surface area contributed by atoms with Crippen molar-refractivity contribution in [1.82, 2.24) is 9.78 Å². The molecule has 0 aliphatic rings. The van der Waals surface area contributed by atoms with Gasteiger partial charge in [0.2, 0.25) is 0 Å². The van der Waals surface area contributed by atoms with Gasteiger partial charge < -0.3 is 5.73 Å². The fourth-order valence-electron chi connectivity index (χ4n) is 3.82. The number of halogens is 4. The van der Waals surface area contributed by atoms with Gasteiger partial charge >= 0.3 is 11.7 Å². The van der Waals surface area contributed by atoms with Crippen LogP contribution in [0.2, 0.25) is 5.02 Å². The van der Waals surface area contributed by atoms with Gasteiger partial charge in [-0.15, -0.1) is 10.2 Å². The Morgan fingerprint density at radius 1 is 1.02 bits per heavy atom. The third-order valence-corrected chi connectivity index (χ3v) is 8.93. The van der Waals surface area contributed by atoms with Gasteiger partial charge in [0, 0.05) is 6.54 Å². The van der Waals surface area contributed by atoms with E-state index in [4.69, 9.17) is 17.3 Å². The minimum atomic E-state index is -4.64. The molecule has 0 radical (unpaired) electrons. The van der Waals surface area contributed by atoms with Crippen LogP contribution in [-0.4, -0.2) is 37.7 Å². The van der Waals surface area contributed by atoms with Crippen LogP contribution in [0.3, 0.4) is 0 Å². The number of alkyl halides is 3. The second-order valence-corrected chi connectivity index (χ2v) is 12.1. The molecule has 1 aromatic heterocycles. The Labute approximate surface area is 241 Å². The van der Waals surface area contributed by atoms with Gasteiger partial charge in [-0.05, 0) is 61.5 Å². The molecule has 0 saturated heterocycles. The van der Waals surface area contributed by atoms with Gasteiger partial charge in [-0.1, -0.05) is 23.7 Å². The van der Waals surface area contributed by atoms with Gasteiger partial charge in [-0.25, -0.2) is 13.1 Å². The zero-order valence-electron chi connectivity index (χ0n) is 21.2. The van der Waals surface area contributed by atoms with E-state index in [1.165, 1.54) is 31.2 Å². The number of nitrogens with two attached hydrogens (primary N) is 1. The summed E-state index contributed by atoms with van der Waals surface area (Å²) in [5.74, 6) is -0.336. The number of sulfonamides is 1. The average Bonchev–Trinajstić information content (AvgIpc) is 3.19. The van der Waals surface area contributed by atoms with Crippen LogP contribution in [-0.2, 0) is 26.3 Å². The second-order valence-electron chi connectivity index (χ2n) is 8.49. The summed E-state index contributed by atoms with van der Waals surface area (Å²) >= 11 is 6.11. The Kier molecular flexibility index (Phi) is 8.23. The highest BCUT2D eigenvalue weighted by molar-refractivity contribution is 7.93. The lowest BCUT2D eigenvalue weighted by Gasteiger charge is -2.23. The zero-order valence-corrected chi connectivity index (χ0v) is 23.6. The minimum Gasteiger partial charge on any atom is -0.382 e. The Bertz CT molecular complexity index is 1960. The molecule has 4 N–H and O–H groups in total. The molecular formula is C24H20ClF3N6O6S2. The van der Waals surface area contributed by atoms with Crippen molar-refractivity contribution < 1.29 is 34.6 Å². The number of azo groups is 1. The number of anilines is 2. The SMILES string of the molecule is CCN(c1ccc(C(F)(F)F)cc1)S(=O)(=O)c1ccccc1N=Nc1c(N)[nH]n(-c2cc(S(=O)(=O)O)ccc2Cl)c1=O. The zero-order chi connectivity index (χ0) is 31.0. The molecule has 0 unspecified atom stereocenters. The molecule has 4 rings (SSSR count). The molecule has 1 heterocycles. The lowest BCUT2D eigenvalue weighted by molar-refractivity contribution is -0.137. The Balaban J connectivity index is 1.74. The number of H-pyrrole nitrogens is 1. The van der Waals surface area contributed by atoms with Crippen molar-refractivity contribution in [2.24, 2.45) is 10.2 Å². The van der Waals surface area contributed by atoms with E-state index < -0.39 is 48.0 Å². The van der Waals surface area contributed by atoms with Crippen LogP contribution >= 0.6 is 11.6 Å². The second kappa shape index (κ2) is 11.2. The maximum absolute atomic E-state index is 13.6. The highest BCUT2D eigenvalue weighted by Crippen LogP contribution is 2.34. The van der Waals surface area contributed by atoms with Crippen molar-refractivity contribution in [1.29, 1.82) is 0 Å². The molecule has 42 heavy (non-hydrogen) atoms. The van der Waals surface area contributed by atoms with Gasteiger partial charge in [0.05, 0.1) is 26.9 Å². The van der Waals surface area contributed by atoms with Crippen molar-refractivity contribution >= 4 is 54.6 Å². The first kappa shape index (κ1) is 30.8. The largest absolute Gasteiger partial charge is 0.416 e. The number of hydrogen-bond donors (Lipinski definition) is 3. The lowest BCUT2D eigenvalue weighted by Crippen LogP contribution is -2.30. The summed E-state index contributed by atoms with van der Waals surface area (Å²) in [5, 5.41) is 10.1. The molecule has 0 atom stereocenters. The Hall–Kier alpha value is -4.19. The predicted molar refractivity (Wildman–Crippen MR) is 148 cm³/mol. The third-order valence-electron chi connectivity index (χ3n) is 5.81. The number of benzene rings is 3. The van der Waals surface area contributed by atoms with Crippen molar-refractivity contribution in [3.05, 3.63) is 87.7 Å². The lowest BCUT2D eigenvalue weighted by atomic mass is 10.2. The molecule has 0 spiro atoms. The van der Waals surface area contributed by atoms with Crippen molar-refractivity contribution in [2.45, 2.75) is 22.9 Å². The molecule has 3 aromatic carbocycles. The van der Waals surface area contributed by atoms with Crippen molar-refractivity contribution in [2.75, 3.05) is 16.6 Å².